The number of pyridine rings is 1. The largest absolute Gasteiger partial charge is 0.395 e. The number of nitrogens with zero attached hydrogens (tertiary/aromatic N) is 2. The van der Waals surface area contributed by atoms with Gasteiger partial charge in [0.2, 0.25) is 0 Å². The van der Waals surface area contributed by atoms with Gasteiger partial charge in [0.25, 0.3) is 0 Å². The van der Waals surface area contributed by atoms with Gasteiger partial charge in [0.1, 0.15) is 0 Å². The van der Waals surface area contributed by atoms with Gasteiger partial charge < -0.3 is 15.3 Å². The Labute approximate surface area is 120 Å². The Morgan fingerprint density at radius 1 is 1.20 bits per heavy atom. The Balaban J connectivity index is 2.17. The fourth-order valence-corrected chi connectivity index (χ4v) is 2.13. The maximum Gasteiger partial charge on any atom is 0.0606 e. The number of hydrogen-bond donors (Lipinski definition) is 2. The van der Waals surface area contributed by atoms with E-state index in [4.69, 9.17) is 0 Å². The highest BCUT2D eigenvalue weighted by Gasteiger charge is 2.08. The van der Waals surface area contributed by atoms with Crippen LogP contribution in [-0.2, 0) is 6.54 Å². The lowest BCUT2D eigenvalue weighted by Crippen LogP contribution is -2.26. The first-order chi connectivity index (χ1) is 9.83. The molecule has 1 aromatic heterocycles. The predicted molar refractivity (Wildman–Crippen MR) is 83.0 cm³/mol. The summed E-state index contributed by atoms with van der Waals surface area (Å²) in [6.45, 7) is 4.40. The van der Waals surface area contributed by atoms with Crippen molar-refractivity contribution in [3.8, 4) is 0 Å². The number of aliphatic hydroxyl groups is 1. The summed E-state index contributed by atoms with van der Waals surface area (Å²) in [5.41, 5.74) is 3.23. The van der Waals surface area contributed by atoms with Crippen LogP contribution in [0.5, 0.6) is 0 Å². The van der Waals surface area contributed by atoms with Gasteiger partial charge >= 0.3 is 0 Å². The SMILES string of the molecule is CCNc1cncc(N(CCO)Cc2ccccc2)c1. The first kappa shape index (κ1) is 14.3. The van der Waals surface area contributed by atoms with Crippen LogP contribution < -0.4 is 10.2 Å². The molecule has 4 nitrogen and oxygen atoms in total. The third kappa shape index (κ3) is 3.96. The van der Waals surface area contributed by atoms with Crippen molar-refractivity contribution in [1.29, 1.82) is 0 Å². The van der Waals surface area contributed by atoms with E-state index in [0.29, 0.717) is 6.54 Å². The molecule has 0 spiro atoms. The standard InChI is InChI=1S/C16H21N3O/c1-2-18-15-10-16(12-17-11-15)19(8-9-20)13-14-6-4-3-5-7-14/h3-7,10-12,18,20H,2,8-9,13H2,1H3. The van der Waals surface area contributed by atoms with Gasteiger partial charge in [-0.05, 0) is 18.6 Å². The lowest BCUT2D eigenvalue weighted by molar-refractivity contribution is 0.301. The first-order valence-electron chi connectivity index (χ1n) is 6.92. The van der Waals surface area contributed by atoms with Gasteiger partial charge in [-0.15, -0.1) is 0 Å². The van der Waals surface area contributed by atoms with Crippen molar-refractivity contribution in [2.75, 3.05) is 29.9 Å². The van der Waals surface area contributed by atoms with E-state index in [9.17, 15) is 5.11 Å². The third-order valence-corrected chi connectivity index (χ3v) is 3.06. The molecule has 1 aromatic carbocycles. The number of aliphatic hydroxyl groups excluding tert-OH is 1. The van der Waals surface area contributed by atoms with Crippen molar-refractivity contribution >= 4 is 11.4 Å². The molecular weight excluding hydrogens is 250 g/mol. The van der Waals surface area contributed by atoms with Gasteiger partial charge in [0.15, 0.2) is 0 Å². The molecule has 0 aliphatic carbocycles. The van der Waals surface area contributed by atoms with E-state index in [1.165, 1.54) is 5.56 Å². The van der Waals surface area contributed by atoms with Crippen LogP contribution in [0.1, 0.15) is 12.5 Å². The van der Waals surface area contributed by atoms with Gasteiger partial charge in [0.05, 0.1) is 30.4 Å². The van der Waals surface area contributed by atoms with Gasteiger partial charge in [-0.1, -0.05) is 30.3 Å². The monoisotopic (exact) mass is 271 g/mol. The van der Waals surface area contributed by atoms with E-state index >= 15 is 0 Å². The Hall–Kier alpha value is -2.07. The second kappa shape index (κ2) is 7.50. The maximum absolute atomic E-state index is 9.27. The zero-order valence-corrected chi connectivity index (χ0v) is 11.8. The predicted octanol–water partition coefficient (Wildman–Crippen LogP) is 2.51. The van der Waals surface area contributed by atoms with Crippen molar-refractivity contribution in [1.82, 2.24) is 4.98 Å². The van der Waals surface area contributed by atoms with Crippen LogP contribution >= 0.6 is 0 Å². The van der Waals surface area contributed by atoms with Crippen molar-refractivity contribution in [2.45, 2.75) is 13.5 Å². The topological polar surface area (TPSA) is 48.4 Å². The van der Waals surface area contributed by atoms with Crippen molar-refractivity contribution in [3.05, 3.63) is 54.4 Å². The molecule has 0 amide bonds. The summed E-state index contributed by atoms with van der Waals surface area (Å²) in [5.74, 6) is 0. The molecular formula is C16H21N3O. The van der Waals surface area contributed by atoms with Gasteiger partial charge in [-0.25, -0.2) is 0 Å². The molecule has 2 N–H and O–H groups in total. The summed E-state index contributed by atoms with van der Waals surface area (Å²) in [5, 5.41) is 12.5. The van der Waals surface area contributed by atoms with E-state index in [0.717, 1.165) is 24.5 Å². The van der Waals surface area contributed by atoms with Gasteiger partial charge in [-0.3, -0.25) is 4.98 Å². The van der Waals surface area contributed by atoms with Gasteiger partial charge in [0, 0.05) is 19.6 Å². The van der Waals surface area contributed by atoms with Crippen LogP contribution in [0, 0.1) is 0 Å². The number of benzene rings is 1. The van der Waals surface area contributed by atoms with Crippen LogP contribution in [0.3, 0.4) is 0 Å². The number of aromatic nitrogens is 1. The molecule has 106 valence electrons. The molecule has 0 aliphatic rings. The minimum absolute atomic E-state index is 0.123. The zero-order valence-electron chi connectivity index (χ0n) is 11.8. The summed E-state index contributed by atoms with van der Waals surface area (Å²) < 4.78 is 0. The molecule has 0 aliphatic heterocycles. The molecule has 2 aromatic rings. The zero-order chi connectivity index (χ0) is 14.2. The molecule has 0 fully saturated rings. The maximum atomic E-state index is 9.27. The number of nitrogens with one attached hydrogen (secondary N) is 1. The highest BCUT2D eigenvalue weighted by atomic mass is 16.3. The van der Waals surface area contributed by atoms with Gasteiger partial charge in [-0.2, -0.15) is 0 Å². The Bertz CT molecular complexity index is 516. The minimum Gasteiger partial charge on any atom is -0.395 e. The Kier molecular flexibility index (Phi) is 5.38. The lowest BCUT2D eigenvalue weighted by atomic mass is 10.2. The van der Waals surface area contributed by atoms with Crippen molar-refractivity contribution in [2.24, 2.45) is 0 Å². The van der Waals surface area contributed by atoms with Crippen LogP contribution in [0.2, 0.25) is 0 Å². The van der Waals surface area contributed by atoms with E-state index in [1.54, 1.807) is 0 Å². The summed E-state index contributed by atoms with van der Waals surface area (Å²) in [7, 11) is 0. The summed E-state index contributed by atoms with van der Waals surface area (Å²) in [6.07, 6.45) is 3.64. The average Bonchev–Trinajstić information content (AvgIpc) is 2.49. The van der Waals surface area contributed by atoms with Crippen LogP contribution in [0.4, 0.5) is 11.4 Å². The quantitative estimate of drug-likeness (QED) is 0.812. The van der Waals surface area contributed by atoms with Crippen molar-refractivity contribution < 1.29 is 5.11 Å². The number of rotatable bonds is 7. The summed E-state index contributed by atoms with van der Waals surface area (Å²) in [6, 6.07) is 12.3. The van der Waals surface area contributed by atoms with E-state index in [-0.39, 0.29) is 6.61 Å². The average molecular weight is 271 g/mol. The Morgan fingerprint density at radius 2 is 2.00 bits per heavy atom. The molecule has 0 atom stereocenters. The van der Waals surface area contributed by atoms with Crippen LogP contribution in [-0.4, -0.2) is 29.8 Å². The Morgan fingerprint density at radius 3 is 2.70 bits per heavy atom. The first-order valence-corrected chi connectivity index (χ1v) is 6.92. The molecule has 0 saturated heterocycles. The van der Waals surface area contributed by atoms with E-state index in [2.05, 4.69) is 40.3 Å². The molecule has 4 heteroatoms. The fraction of sp³-hybridized carbons (Fsp3) is 0.312. The molecule has 2 rings (SSSR count). The molecule has 0 radical (unpaired) electrons. The number of anilines is 2. The number of hydrogen-bond acceptors (Lipinski definition) is 4. The third-order valence-electron chi connectivity index (χ3n) is 3.06. The normalized spacial score (nSPS) is 10.3. The highest BCUT2D eigenvalue weighted by molar-refractivity contribution is 5.55. The van der Waals surface area contributed by atoms with Crippen LogP contribution in [0.25, 0.3) is 0 Å². The minimum atomic E-state index is 0.123. The second-order valence-electron chi connectivity index (χ2n) is 4.59. The molecule has 0 saturated carbocycles. The van der Waals surface area contributed by atoms with E-state index in [1.807, 2.05) is 30.6 Å². The summed E-state index contributed by atoms with van der Waals surface area (Å²) >= 11 is 0. The van der Waals surface area contributed by atoms with E-state index < -0.39 is 0 Å². The summed E-state index contributed by atoms with van der Waals surface area (Å²) in [4.78, 5) is 6.39. The lowest BCUT2D eigenvalue weighted by Gasteiger charge is -2.24. The molecule has 0 unspecified atom stereocenters. The smallest absolute Gasteiger partial charge is 0.0606 e. The fourth-order valence-electron chi connectivity index (χ4n) is 2.13. The molecule has 1 heterocycles. The van der Waals surface area contributed by atoms with Crippen LogP contribution in [0.15, 0.2) is 48.8 Å². The second-order valence-corrected chi connectivity index (χ2v) is 4.59. The highest BCUT2D eigenvalue weighted by Crippen LogP contribution is 2.19. The molecule has 20 heavy (non-hydrogen) atoms. The van der Waals surface area contributed by atoms with Crippen molar-refractivity contribution in [3.63, 3.8) is 0 Å². The molecule has 0 bridgehead atoms.